The molecule has 1 rings (SSSR count). The summed E-state index contributed by atoms with van der Waals surface area (Å²) >= 11 is 0. The van der Waals surface area contributed by atoms with Crippen LogP contribution in [0.3, 0.4) is 0 Å². The van der Waals surface area contributed by atoms with Gasteiger partial charge in [0.2, 0.25) is 5.91 Å². The van der Waals surface area contributed by atoms with Crippen molar-refractivity contribution in [2.75, 3.05) is 13.1 Å². The highest BCUT2D eigenvalue weighted by Gasteiger charge is 2.48. The molecule has 3 amide bonds. The first-order valence-corrected chi connectivity index (χ1v) is 6.46. The van der Waals surface area contributed by atoms with E-state index in [9.17, 15) is 14.4 Å². The molecule has 0 aromatic carbocycles. The van der Waals surface area contributed by atoms with E-state index >= 15 is 0 Å². The first kappa shape index (κ1) is 15.3. The molecule has 0 bridgehead atoms. The number of urea groups is 1. The van der Waals surface area contributed by atoms with E-state index in [4.69, 9.17) is 5.11 Å². The van der Waals surface area contributed by atoms with Crippen molar-refractivity contribution in [3.63, 3.8) is 0 Å². The molecular formula is C12H21N3O4. The van der Waals surface area contributed by atoms with Crippen molar-refractivity contribution in [2.45, 2.75) is 38.6 Å². The number of rotatable bonds is 7. The van der Waals surface area contributed by atoms with Gasteiger partial charge < -0.3 is 21.1 Å². The second kappa shape index (κ2) is 6.40. The third-order valence-electron chi connectivity index (χ3n) is 3.19. The molecule has 1 atom stereocenters. The van der Waals surface area contributed by atoms with E-state index in [2.05, 4.69) is 16.0 Å². The van der Waals surface area contributed by atoms with E-state index in [1.54, 1.807) is 0 Å². The standard InChI is InChI=1S/C12H21N3O4/c1-3-6-13-9(16)7-14-11(19)15-12(2,10(17)18)8-4-5-8/h8H,3-7H2,1-2H3,(H,13,16)(H,17,18)(H2,14,15,19). The van der Waals surface area contributed by atoms with Gasteiger partial charge >= 0.3 is 12.0 Å². The second-order valence-electron chi connectivity index (χ2n) is 4.94. The summed E-state index contributed by atoms with van der Waals surface area (Å²) in [5.41, 5.74) is -1.26. The molecule has 1 saturated carbocycles. The van der Waals surface area contributed by atoms with Gasteiger partial charge in [-0.15, -0.1) is 0 Å². The molecule has 19 heavy (non-hydrogen) atoms. The summed E-state index contributed by atoms with van der Waals surface area (Å²) in [6, 6.07) is -0.636. The fourth-order valence-electron chi connectivity index (χ4n) is 1.76. The molecule has 0 spiro atoms. The summed E-state index contributed by atoms with van der Waals surface area (Å²) in [4.78, 5) is 34.1. The molecule has 0 aliphatic heterocycles. The van der Waals surface area contributed by atoms with Gasteiger partial charge in [-0.1, -0.05) is 6.92 Å². The number of amides is 3. The Hall–Kier alpha value is -1.79. The van der Waals surface area contributed by atoms with Crippen LogP contribution in [0.4, 0.5) is 4.79 Å². The Kier molecular flexibility index (Phi) is 5.14. The monoisotopic (exact) mass is 271 g/mol. The van der Waals surface area contributed by atoms with Gasteiger partial charge in [-0.05, 0) is 32.1 Å². The Morgan fingerprint density at radius 3 is 2.37 bits per heavy atom. The minimum absolute atomic E-state index is 0.0373. The first-order chi connectivity index (χ1) is 8.90. The summed E-state index contributed by atoms with van der Waals surface area (Å²) in [7, 11) is 0. The van der Waals surface area contributed by atoms with Crippen LogP contribution in [0.5, 0.6) is 0 Å². The smallest absolute Gasteiger partial charge is 0.329 e. The summed E-state index contributed by atoms with van der Waals surface area (Å²) < 4.78 is 0. The number of carboxylic acid groups (broad SMARTS) is 1. The predicted molar refractivity (Wildman–Crippen MR) is 68.6 cm³/mol. The van der Waals surface area contributed by atoms with Crippen LogP contribution in [0.2, 0.25) is 0 Å². The average Bonchev–Trinajstić information content (AvgIpc) is 3.17. The van der Waals surface area contributed by atoms with Gasteiger partial charge in [0.05, 0.1) is 6.54 Å². The largest absolute Gasteiger partial charge is 0.480 e. The minimum atomic E-state index is -1.26. The van der Waals surface area contributed by atoms with Crippen molar-refractivity contribution in [1.29, 1.82) is 0 Å². The van der Waals surface area contributed by atoms with Crippen LogP contribution in [-0.4, -0.2) is 41.6 Å². The van der Waals surface area contributed by atoms with Crippen molar-refractivity contribution < 1.29 is 19.5 Å². The highest BCUT2D eigenvalue weighted by molar-refractivity contribution is 5.88. The normalized spacial score (nSPS) is 17.2. The maximum Gasteiger partial charge on any atom is 0.329 e. The molecule has 1 unspecified atom stereocenters. The first-order valence-electron chi connectivity index (χ1n) is 6.46. The molecule has 1 aliphatic carbocycles. The predicted octanol–water partition coefficient (Wildman–Crippen LogP) is 0.0651. The van der Waals surface area contributed by atoms with Gasteiger partial charge in [0.25, 0.3) is 0 Å². The lowest BCUT2D eigenvalue weighted by Gasteiger charge is -2.26. The highest BCUT2D eigenvalue weighted by atomic mass is 16.4. The topological polar surface area (TPSA) is 108 Å². The Morgan fingerprint density at radius 1 is 1.26 bits per heavy atom. The maximum absolute atomic E-state index is 11.6. The number of carbonyl (C=O) groups excluding carboxylic acids is 2. The molecular weight excluding hydrogens is 250 g/mol. The second-order valence-corrected chi connectivity index (χ2v) is 4.94. The summed E-state index contributed by atoms with van der Waals surface area (Å²) in [5, 5.41) is 16.6. The Labute approximate surface area is 112 Å². The molecule has 1 fully saturated rings. The molecule has 0 heterocycles. The maximum atomic E-state index is 11.6. The molecule has 7 heteroatoms. The number of hydrogen-bond acceptors (Lipinski definition) is 3. The van der Waals surface area contributed by atoms with Gasteiger partial charge in [0.15, 0.2) is 0 Å². The summed E-state index contributed by atoms with van der Waals surface area (Å²) in [6.07, 6.45) is 2.40. The van der Waals surface area contributed by atoms with E-state index in [0.29, 0.717) is 6.54 Å². The molecule has 7 nitrogen and oxygen atoms in total. The Bertz CT molecular complexity index is 368. The molecule has 4 N–H and O–H groups in total. The van der Waals surface area contributed by atoms with Gasteiger partial charge in [-0.3, -0.25) is 4.79 Å². The van der Waals surface area contributed by atoms with Crippen LogP contribution >= 0.6 is 0 Å². The molecule has 0 saturated heterocycles. The SMILES string of the molecule is CCCNC(=O)CNC(=O)NC(C)(C(=O)O)C1CC1. The fraction of sp³-hybridized carbons (Fsp3) is 0.750. The number of aliphatic carboxylic acids is 1. The molecule has 0 radical (unpaired) electrons. The highest BCUT2D eigenvalue weighted by Crippen LogP contribution is 2.39. The van der Waals surface area contributed by atoms with Crippen LogP contribution in [0.25, 0.3) is 0 Å². The van der Waals surface area contributed by atoms with Crippen molar-refractivity contribution in [3.05, 3.63) is 0 Å². The van der Waals surface area contributed by atoms with Crippen LogP contribution in [0.15, 0.2) is 0 Å². The third-order valence-corrected chi connectivity index (χ3v) is 3.19. The quantitative estimate of drug-likeness (QED) is 0.525. The number of carboxylic acids is 1. The van der Waals surface area contributed by atoms with E-state index in [1.165, 1.54) is 6.92 Å². The zero-order chi connectivity index (χ0) is 14.5. The van der Waals surface area contributed by atoms with E-state index in [0.717, 1.165) is 19.3 Å². The fourth-order valence-corrected chi connectivity index (χ4v) is 1.76. The van der Waals surface area contributed by atoms with E-state index < -0.39 is 17.5 Å². The van der Waals surface area contributed by atoms with Gasteiger partial charge in [-0.25, -0.2) is 9.59 Å². The van der Waals surface area contributed by atoms with Crippen molar-refractivity contribution in [1.82, 2.24) is 16.0 Å². The Balaban J connectivity index is 2.37. The van der Waals surface area contributed by atoms with Crippen molar-refractivity contribution >= 4 is 17.9 Å². The van der Waals surface area contributed by atoms with Gasteiger partial charge in [-0.2, -0.15) is 0 Å². The van der Waals surface area contributed by atoms with Crippen molar-refractivity contribution in [3.8, 4) is 0 Å². The zero-order valence-corrected chi connectivity index (χ0v) is 11.3. The molecule has 0 aromatic heterocycles. The van der Waals surface area contributed by atoms with Crippen LogP contribution in [0.1, 0.15) is 33.1 Å². The average molecular weight is 271 g/mol. The lowest BCUT2D eigenvalue weighted by molar-refractivity contribution is -0.144. The third kappa shape index (κ3) is 4.42. The molecule has 108 valence electrons. The Morgan fingerprint density at radius 2 is 1.89 bits per heavy atom. The summed E-state index contributed by atoms with van der Waals surface area (Å²) in [5.74, 6) is -1.38. The van der Waals surface area contributed by atoms with Crippen LogP contribution in [-0.2, 0) is 9.59 Å². The van der Waals surface area contributed by atoms with Crippen molar-refractivity contribution in [2.24, 2.45) is 5.92 Å². The van der Waals surface area contributed by atoms with Gasteiger partial charge in [0.1, 0.15) is 5.54 Å². The number of carbonyl (C=O) groups is 3. The summed E-state index contributed by atoms with van der Waals surface area (Å²) in [6.45, 7) is 3.81. The minimum Gasteiger partial charge on any atom is -0.480 e. The van der Waals surface area contributed by atoms with Crippen LogP contribution in [0, 0.1) is 5.92 Å². The van der Waals surface area contributed by atoms with Crippen LogP contribution < -0.4 is 16.0 Å². The lowest BCUT2D eigenvalue weighted by Crippen LogP contribution is -2.57. The van der Waals surface area contributed by atoms with E-state index in [-0.39, 0.29) is 18.4 Å². The zero-order valence-electron chi connectivity index (χ0n) is 11.3. The molecule has 0 aromatic rings. The number of nitrogens with one attached hydrogen (secondary N) is 3. The van der Waals surface area contributed by atoms with E-state index in [1.807, 2.05) is 6.92 Å². The van der Waals surface area contributed by atoms with Gasteiger partial charge in [0, 0.05) is 6.54 Å². The molecule has 1 aliphatic rings. The lowest BCUT2D eigenvalue weighted by atomic mass is 9.96. The number of hydrogen-bond donors (Lipinski definition) is 4.